The summed E-state index contributed by atoms with van der Waals surface area (Å²) >= 11 is 6.25. The van der Waals surface area contributed by atoms with Crippen LogP contribution < -0.4 is 5.43 Å². The smallest absolute Gasteiger partial charge is 0.297 e. The molecule has 0 aliphatic carbocycles. The molecule has 0 saturated heterocycles. The number of hydrogen-bond acceptors (Lipinski definition) is 3. The van der Waals surface area contributed by atoms with Crippen LogP contribution in [0, 0.1) is 0 Å². The van der Waals surface area contributed by atoms with Crippen molar-refractivity contribution in [2.45, 2.75) is 19.1 Å². The first-order valence-corrected chi connectivity index (χ1v) is 6.06. The molecule has 1 atom stereocenters. The number of aromatic nitrogens is 1. The number of halogens is 5. The molecule has 1 N–H and O–H groups in total. The van der Waals surface area contributed by atoms with E-state index in [2.05, 4.69) is 41.9 Å². The number of hydrogen-bond donors (Lipinski definition) is 1. The molecule has 0 aliphatic heterocycles. The molecule has 0 spiro atoms. The third kappa shape index (κ3) is 4.63. The van der Waals surface area contributed by atoms with Crippen molar-refractivity contribution in [2.75, 3.05) is 0 Å². The first kappa shape index (κ1) is 14.4. The van der Waals surface area contributed by atoms with Gasteiger partial charge in [0.05, 0.1) is 5.69 Å². The normalized spacial score (nSPS) is 14.6. The molecule has 1 unspecified atom stereocenters. The standard InChI is InChI=1S/C9H8Br2F3N3/c1-5(9(12,13)14)16-17-8(11)7-3-2-6(10)4-15-7/h2-5,16H,1H3/b17-8-. The van der Waals surface area contributed by atoms with E-state index in [0.717, 1.165) is 11.4 Å². The highest BCUT2D eigenvalue weighted by molar-refractivity contribution is 9.18. The molecule has 0 radical (unpaired) electrons. The molecule has 8 heteroatoms. The maximum absolute atomic E-state index is 12.2. The molecule has 1 rings (SSSR count). The predicted octanol–water partition coefficient (Wildman–Crippen LogP) is 3.44. The van der Waals surface area contributed by atoms with Gasteiger partial charge in [-0.15, -0.1) is 0 Å². The van der Waals surface area contributed by atoms with Gasteiger partial charge in [-0.2, -0.15) is 18.3 Å². The summed E-state index contributed by atoms with van der Waals surface area (Å²) in [5, 5.41) is 3.58. The molecule has 94 valence electrons. The summed E-state index contributed by atoms with van der Waals surface area (Å²) in [4.78, 5) is 3.97. The van der Waals surface area contributed by atoms with Gasteiger partial charge in [-0.05, 0) is 50.9 Å². The molecule has 0 aliphatic rings. The van der Waals surface area contributed by atoms with Gasteiger partial charge in [-0.3, -0.25) is 10.4 Å². The van der Waals surface area contributed by atoms with Gasteiger partial charge in [0.1, 0.15) is 6.04 Å². The highest BCUT2D eigenvalue weighted by Gasteiger charge is 2.35. The quantitative estimate of drug-likeness (QED) is 0.650. The molecule has 3 nitrogen and oxygen atoms in total. The van der Waals surface area contributed by atoms with E-state index in [1.54, 1.807) is 12.1 Å². The van der Waals surface area contributed by atoms with Crippen LogP contribution in [-0.4, -0.2) is 21.8 Å². The van der Waals surface area contributed by atoms with Gasteiger partial charge in [-0.25, -0.2) is 0 Å². The molecule has 1 aromatic heterocycles. The van der Waals surface area contributed by atoms with Crippen LogP contribution in [0.4, 0.5) is 13.2 Å². The summed E-state index contributed by atoms with van der Waals surface area (Å²) in [7, 11) is 0. The lowest BCUT2D eigenvalue weighted by Crippen LogP contribution is -2.37. The summed E-state index contributed by atoms with van der Waals surface area (Å²) in [6.07, 6.45) is -2.80. The van der Waals surface area contributed by atoms with E-state index in [9.17, 15) is 13.2 Å². The molecular weight excluding hydrogens is 367 g/mol. The van der Waals surface area contributed by atoms with Crippen LogP contribution in [0.5, 0.6) is 0 Å². The number of pyridine rings is 1. The van der Waals surface area contributed by atoms with E-state index in [1.807, 2.05) is 5.43 Å². The second-order valence-corrected chi connectivity index (χ2v) is 4.82. The van der Waals surface area contributed by atoms with Crippen molar-refractivity contribution in [3.8, 4) is 0 Å². The fourth-order valence-corrected chi connectivity index (χ4v) is 1.35. The Kier molecular flexibility index (Phi) is 4.93. The number of hydrazone groups is 1. The van der Waals surface area contributed by atoms with Crippen molar-refractivity contribution in [2.24, 2.45) is 5.10 Å². The van der Waals surface area contributed by atoms with Crippen LogP contribution >= 0.6 is 31.9 Å². The van der Waals surface area contributed by atoms with E-state index in [1.165, 1.54) is 6.20 Å². The minimum Gasteiger partial charge on any atom is -0.297 e. The summed E-state index contributed by atoms with van der Waals surface area (Å²) in [6.45, 7) is 0.985. The molecule has 1 heterocycles. The summed E-state index contributed by atoms with van der Waals surface area (Å²) in [5.74, 6) is 0. The fourth-order valence-electron chi connectivity index (χ4n) is 0.782. The number of alkyl halides is 3. The van der Waals surface area contributed by atoms with Gasteiger partial charge < -0.3 is 0 Å². The van der Waals surface area contributed by atoms with Crippen molar-refractivity contribution in [3.63, 3.8) is 0 Å². The van der Waals surface area contributed by atoms with Crippen LogP contribution in [-0.2, 0) is 0 Å². The summed E-state index contributed by atoms with van der Waals surface area (Å²) in [6, 6.07) is 1.62. The third-order valence-electron chi connectivity index (χ3n) is 1.79. The van der Waals surface area contributed by atoms with Gasteiger partial charge >= 0.3 is 6.18 Å². The minimum atomic E-state index is -4.33. The van der Waals surface area contributed by atoms with Crippen molar-refractivity contribution in [3.05, 3.63) is 28.5 Å². The van der Waals surface area contributed by atoms with Crippen LogP contribution in [0.25, 0.3) is 0 Å². The lowest BCUT2D eigenvalue weighted by molar-refractivity contribution is -0.151. The molecule has 0 saturated carbocycles. The third-order valence-corrected chi connectivity index (χ3v) is 2.84. The Morgan fingerprint density at radius 1 is 1.47 bits per heavy atom. The highest BCUT2D eigenvalue weighted by Crippen LogP contribution is 2.19. The lowest BCUT2D eigenvalue weighted by Gasteiger charge is -2.14. The molecule has 0 bridgehead atoms. The van der Waals surface area contributed by atoms with Gasteiger partial charge in [0.2, 0.25) is 0 Å². The van der Waals surface area contributed by atoms with Crippen LogP contribution in [0.1, 0.15) is 12.6 Å². The summed E-state index contributed by atoms with van der Waals surface area (Å²) < 4.78 is 37.5. The first-order valence-electron chi connectivity index (χ1n) is 4.48. The Morgan fingerprint density at radius 3 is 2.59 bits per heavy atom. The minimum absolute atomic E-state index is 0.209. The van der Waals surface area contributed by atoms with Crippen molar-refractivity contribution in [1.82, 2.24) is 10.4 Å². The largest absolute Gasteiger partial charge is 0.409 e. The maximum atomic E-state index is 12.2. The Labute approximate surface area is 113 Å². The monoisotopic (exact) mass is 373 g/mol. The van der Waals surface area contributed by atoms with Crippen molar-refractivity contribution in [1.29, 1.82) is 0 Å². The average Bonchev–Trinajstić information content (AvgIpc) is 2.25. The van der Waals surface area contributed by atoms with E-state index >= 15 is 0 Å². The van der Waals surface area contributed by atoms with E-state index in [4.69, 9.17) is 0 Å². The SMILES string of the molecule is CC(N/N=C(\Br)c1ccc(Br)cn1)C(F)(F)F. The predicted molar refractivity (Wildman–Crippen MR) is 66.1 cm³/mol. The van der Waals surface area contributed by atoms with Crippen LogP contribution in [0.2, 0.25) is 0 Å². The highest BCUT2D eigenvalue weighted by atomic mass is 79.9. The fraction of sp³-hybridized carbons (Fsp3) is 0.333. The Bertz CT molecular complexity index is 403. The van der Waals surface area contributed by atoms with Crippen LogP contribution in [0.3, 0.4) is 0 Å². The molecule has 0 aromatic carbocycles. The maximum Gasteiger partial charge on any atom is 0.409 e. The molecule has 0 fully saturated rings. The van der Waals surface area contributed by atoms with Crippen molar-refractivity contribution < 1.29 is 13.2 Å². The zero-order valence-electron chi connectivity index (χ0n) is 8.59. The van der Waals surface area contributed by atoms with Crippen LogP contribution in [0.15, 0.2) is 27.9 Å². The Balaban J connectivity index is 2.70. The molecule has 0 amide bonds. The molecule has 17 heavy (non-hydrogen) atoms. The van der Waals surface area contributed by atoms with Gasteiger partial charge in [0.25, 0.3) is 0 Å². The summed E-state index contributed by atoms with van der Waals surface area (Å²) in [5.41, 5.74) is 2.44. The van der Waals surface area contributed by atoms with Gasteiger partial charge in [-0.1, -0.05) is 0 Å². The number of nitrogens with zero attached hydrogens (tertiary/aromatic N) is 2. The zero-order chi connectivity index (χ0) is 13.1. The topological polar surface area (TPSA) is 37.3 Å². The van der Waals surface area contributed by atoms with E-state index < -0.39 is 12.2 Å². The zero-order valence-corrected chi connectivity index (χ0v) is 11.8. The lowest BCUT2D eigenvalue weighted by atomic mass is 10.3. The number of nitrogens with one attached hydrogen (secondary N) is 1. The molecular formula is C9H8Br2F3N3. The van der Waals surface area contributed by atoms with Gasteiger partial charge in [0, 0.05) is 10.7 Å². The van der Waals surface area contributed by atoms with E-state index in [-0.39, 0.29) is 4.62 Å². The van der Waals surface area contributed by atoms with E-state index in [0.29, 0.717) is 5.69 Å². The van der Waals surface area contributed by atoms with Crippen molar-refractivity contribution >= 4 is 36.5 Å². The second kappa shape index (κ2) is 5.81. The molecule has 1 aromatic rings. The first-order chi connectivity index (χ1) is 7.80. The second-order valence-electron chi connectivity index (χ2n) is 3.16. The number of rotatable bonds is 3. The Hall–Kier alpha value is -0.630. The average molecular weight is 375 g/mol. The van der Waals surface area contributed by atoms with Gasteiger partial charge in [0.15, 0.2) is 4.62 Å². The Morgan fingerprint density at radius 2 is 2.12 bits per heavy atom.